The number of anilines is 1. The highest BCUT2D eigenvalue weighted by molar-refractivity contribution is 5.46. The number of hydrogen-bond donors (Lipinski definition) is 1. The minimum absolute atomic E-state index is 0.771. The Morgan fingerprint density at radius 3 is 2.43 bits per heavy atom. The number of benzene rings is 1. The van der Waals surface area contributed by atoms with Crippen molar-refractivity contribution in [2.75, 3.05) is 38.1 Å². The lowest BCUT2D eigenvalue weighted by Crippen LogP contribution is -2.47. The number of piperidine rings is 1. The summed E-state index contributed by atoms with van der Waals surface area (Å²) in [6.45, 7) is 4.79. The second kappa shape index (κ2) is 7.28. The molecule has 21 heavy (non-hydrogen) atoms. The zero-order valence-electron chi connectivity index (χ0n) is 13.3. The number of rotatable bonds is 3. The van der Waals surface area contributed by atoms with Crippen LogP contribution in [-0.2, 0) is 0 Å². The van der Waals surface area contributed by atoms with Crippen LogP contribution in [0.4, 0.5) is 5.69 Å². The van der Waals surface area contributed by atoms with E-state index in [1.807, 2.05) is 0 Å². The number of para-hydroxylation sites is 1. The van der Waals surface area contributed by atoms with E-state index in [0.717, 1.165) is 12.1 Å². The lowest BCUT2D eigenvalue weighted by atomic mass is 9.98. The van der Waals surface area contributed by atoms with Crippen LogP contribution in [0, 0.1) is 0 Å². The maximum absolute atomic E-state index is 3.53. The van der Waals surface area contributed by atoms with E-state index in [0.29, 0.717) is 0 Å². The van der Waals surface area contributed by atoms with E-state index < -0.39 is 0 Å². The first kappa shape index (κ1) is 14.9. The van der Waals surface area contributed by atoms with Gasteiger partial charge in [-0.2, -0.15) is 0 Å². The van der Waals surface area contributed by atoms with E-state index in [-0.39, 0.29) is 0 Å². The molecule has 2 saturated heterocycles. The Balaban J connectivity index is 1.53. The van der Waals surface area contributed by atoms with Gasteiger partial charge in [0.25, 0.3) is 0 Å². The summed E-state index contributed by atoms with van der Waals surface area (Å²) in [5.74, 6) is 0. The Morgan fingerprint density at radius 1 is 0.952 bits per heavy atom. The first-order valence-electron chi connectivity index (χ1n) is 8.57. The lowest BCUT2D eigenvalue weighted by molar-refractivity contribution is 0.138. The van der Waals surface area contributed by atoms with E-state index in [2.05, 4.69) is 52.5 Å². The van der Waals surface area contributed by atoms with Gasteiger partial charge in [-0.3, -0.25) is 0 Å². The van der Waals surface area contributed by atoms with Crippen LogP contribution in [0.15, 0.2) is 30.3 Å². The fourth-order valence-corrected chi connectivity index (χ4v) is 3.88. The van der Waals surface area contributed by atoms with Crippen molar-refractivity contribution in [3.8, 4) is 0 Å². The fraction of sp³-hybridized carbons (Fsp3) is 0.667. The smallest absolute Gasteiger partial charge is 0.0366 e. The molecule has 0 amide bonds. The monoisotopic (exact) mass is 287 g/mol. The molecule has 1 atom stereocenters. The number of nitrogens with one attached hydrogen (secondary N) is 1. The summed E-state index contributed by atoms with van der Waals surface area (Å²) in [5, 5.41) is 3.53. The SMILES string of the molecule is CN(C1CCCNCC1)C1CCN(c2ccccc2)CC1. The Labute approximate surface area is 129 Å². The highest BCUT2D eigenvalue weighted by Crippen LogP contribution is 2.24. The molecule has 2 aliphatic rings. The summed E-state index contributed by atoms with van der Waals surface area (Å²) >= 11 is 0. The van der Waals surface area contributed by atoms with Crippen molar-refractivity contribution in [3.63, 3.8) is 0 Å². The maximum Gasteiger partial charge on any atom is 0.0366 e. The zero-order valence-corrected chi connectivity index (χ0v) is 13.3. The van der Waals surface area contributed by atoms with Crippen molar-refractivity contribution in [1.82, 2.24) is 10.2 Å². The van der Waals surface area contributed by atoms with E-state index in [1.54, 1.807) is 0 Å². The average molecular weight is 287 g/mol. The highest BCUT2D eigenvalue weighted by Gasteiger charge is 2.27. The molecule has 0 radical (unpaired) electrons. The van der Waals surface area contributed by atoms with Crippen molar-refractivity contribution >= 4 is 5.69 Å². The molecule has 0 aliphatic carbocycles. The van der Waals surface area contributed by atoms with Crippen molar-refractivity contribution < 1.29 is 0 Å². The van der Waals surface area contributed by atoms with Gasteiger partial charge < -0.3 is 15.1 Å². The van der Waals surface area contributed by atoms with Gasteiger partial charge in [-0.15, -0.1) is 0 Å². The standard InChI is InChI=1S/C18H29N3/c1-20(16-8-5-12-19-13-9-16)17-10-14-21(15-11-17)18-6-3-2-4-7-18/h2-4,6-7,16-17,19H,5,8-15H2,1H3. The van der Waals surface area contributed by atoms with Crippen molar-refractivity contribution in [2.45, 2.75) is 44.2 Å². The molecule has 2 aliphatic heterocycles. The van der Waals surface area contributed by atoms with E-state index in [1.165, 1.54) is 64.0 Å². The molecule has 1 aromatic rings. The fourth-order valence-electron chi connectivity index (χ4n) is 3.88. The minimum Gasteiger partial charge on any atom is -0.371 e. The highest BCUT2D eigenvalue weighted by atomic mass is 15.2. The van der Waals surface area contributed by atoms with Crippen molar-refractivity contribution in [3.05, 3.63) is 30.3 Å². The maximum atomic E-state index is 3.53. The summed E-state index contributed by atoms with van der Waals surface area (Å²) in [4.78, 5) is 5.23. The van der Waals surface area contributed by atoms with Gasteiger partial charge in [-0.25, -0.2) is 0 Å². The molecule has 3 nitrogen and oxygen atoms in total. The second-order valence-corrected chi connectivity index (χ2v) is 6.55. The van der Waals surface area contributed by atoms with E-state index in [9.17, 15) is 0 Å². The summed E-state index contributed by atoms with van der Waals surface area (Å²) in [6, 6.07) is 12.4. The minimum atomic E-state index is 0.771. The van der Waals surface area contributed by atoms with Gasteiger partial charge in [0.15, 0.2) is 0 Å². The molecular formula is C18H29N3. The molecule has 2 heterocycles. The normalized spacial score (nSPS) is 25.0. The van der Waals surface area contributed by atoms with Gasteiger partial charge in [-0.1, -0.05) is 18.2 Å². The van der Waals surface area contributed by atoms with Gasteiger partial charge in [-0.05, 0) is 64.4 Å². The zero-order chi connectivity index (χ0) is 14.5. The lowest BCUT2D eigenvalue weighted by Gasteiger charge is -2.41. The quantitative estimate of drug-likeness (QED) is 0.922. The van der Waals surface area contributed by atoms with E-state index in [4.69, 9.17) is 0 Å². The van der Waals surface area contributed by atoms with Crippen molar-refractivity contribution in [2.24, 2.45) is 0 Å². The van der Waals surface area contributed by atoms with Gasteiger partial charge in [0, 0.05) is 30.9 Å². The third-order valence-electron chi connectivity index (χ3n) is 5.28. The molecule has 1 unspecified atom stereocenters. The van der Waals surface area contributed by atoms with Crippen LogP contribution in [0.25, 0.3) is 0 Å². The number of nitrogens with zero attached hydrogens (tertiary/aromatic N) is 2. The summed E-state index contributed by atoms with van der Waals surface area (Å²) in [7, 11) is 2.36. The summed E-state index contributed by atoms with van der Waals surface area (Å²) in [5.41, 5.74) is 1.39. The molecule has 2 fully saturated rings. The Kier molecular flexibility index (Phi) is 5.15. The van der Waals surface area contributed by atoms with Crippen LogP contribution in [-0.4, -0.2) is 50.2 Å². The van der Waals surface area contributed by atoms with Crippen LogP contribution < -0.4 is 10.2 Å². The molecule has 0 spiro atoms. The molecule has 1 aromatic carbocycles. The largest absolute Gasteiger partial charge is 0.371 e. The molecular weight excluding hydrogens is 258 g/mol. The van der Waals surface area contributed by atoms with Crippen LogP contribution >= 0.6 is 0 Å². The molecule has 1 N–H and O–H groups in total. The van der Waals surface area contributed by atoms with Crippen LogP contribution in [0.3, 0.4) is 0 Å². The predicted molar refractivity (Wildman–Crippen MR) is 89.9 cm³/mol. The summed E-state index contributed by atoms with van der Waals surface area (Å²) < 4.78 is 0. The topological polar surface area (TPSA) is 18.5 Å². The first-order chi connectivity index (χ1) is 10.3. The van der Waals surface area contributed by atoms with Crippen LogP contribution in [0.2, 0.25) is 0 Å². The van der Waals surface area contributed by atoms with Crippen LogP contribution in [0.1, 0.15) is 32.1 Å². The third kappa shape index (κ3) is 3.78. The van der Waals surface area contributed by atoms with E-state index >= 15 is 0 Å². The molecule has 116 valence electrons. The molecule has 0 aromatic heterocycles. The van der Waals surface area contributed by atoms with Crippen LogP contribution in [0.5, 0.6) is 0 Å². The third-order valence-corrected chi connectivity index (χ3v) is 5.28. The summed E-state index contributed by atoms with van der Waals surface area (Å²) in [6.07, 6.45) is 6.61. The Morgan fingerprint density at radius 2 is 1.67 bits per heavy atom. The molecule has 0 saturated carbocycles. The van der Waals surface area contributed by atoms with Crippen molar-refractivity contribution in [1.29, 1.82) is 0 Å². The molecule has 0 bridgehead atoms. The van der Waals surface area contributed by atoms with Gasteiger partial charge in [0.2, 0.25) is 0 Å². The predicted octanol–water partition coefficient (Wildman–Crippen LogP) is 2.73. The molecule has 3 heteroatoms. The van der Waals surface area contributed by atoms with Gasteiger partial charge in [0.1, 0.15) is 0 Å². The first-order valence-corrected chi connectivity index (χ1v) is 8.57. The Hall–Kier alpha value is -1.06. The average Bonchev–Trinajstić information content (AvgIpc) is 2.84. The van der Waals surface area contributed by atoms with Gasteiger partial charge in [0.05, 0.1) is 0 Å². The van der Waals surface area contributed by atoms with Gasteiger partial charge >= 0.3 is 0 Å². The number of hydrogen-bond acceptors (Lipinski definition) is 3. The second-order valence-electron chi connectivity index (χ2n) is 6.55. The Bertz CT molecular complexity index is 404. The molecule has 3 rings (SSSR count).